The number of nitrogens with zero attached hydrogens (tertiary/aromatic N) is 2. The number of halogens is 1. The minimum atomic E-state index is -0.614. The Morgan fingerprint density at radius 2 is 2.04 bits per heavy atom. The molecule has 128 valence electrons. The van der Waals surface area contributed by atoms with Crippen molar-refractivity contribution in [3.8, 4) is 0 Å². The summed E-state index contributed by atoms with van der Waals surface area (Å²) in [7, 11) is 1.85. The number of hydrogen-bond acceptors (Lipinski definition) is 3. The van der Waals surface area contributed by atoms with Crippen LogP contribution in [0.15, 0.2) is 54.9 Å². The van der Waals surface area contributed by atoms with Crippen molar-refractivity contribution in [1.29, 1.82) is 0 Å². The van der Waals surface area contributed by atoms with Crippen LogP contribution in [0.4, 0.5) is 10.1 Å². The number of hydrogen-bond donors (Lipinski definition) is 2. The third kappa shape index (κ3) is 3.38. The van der Waals surface area contributed by atoms with Crippen LogP contribution >= 0.6 is 0 Å². The van der Waals surface area contributed by atoms with Gasteiger partial charge in [0.05, 0.1) is 11.3 Å². The van der Waals surface area contributed by atoms with Crippen LogP contribution in [0.3, 0.4) is 0 Å². The average Bonchev–Trinajstić information content (AvgIpc) is 3.00. The highest BCUT2D eigenvalue weighted by Gasteiger charge is 2.23. The molecule has 5 nitrogen and oxygen atoms in total. The zero-order valence-electron chi connectivity index (χ0n) is 14.0. The number of para-hydroxylation sites is 1. The highest BCUT2D eigenvalue weighted by molar-refractivity contribution is 5.99. The van der Waals surface area contributed by atoms with Crippen LogP contribution in [-0.4, -0.2) is 15.5 Å². The van der Waals surface area contributed by atoms with Crippen LogP contribution in [0.2, 0.25) is 0 Å². The molecule has 1 unspecified atom stereocenters. The van der Waals surface area contributed by atoms with E-state index in [1.165, 1.54) is 18.2 Å². The first kappa shape index (κ1) is 16.7. The minimum absolute atomic E-state index is 0.104. The number of aryl methyl sites for hydroxylation is 2. The zero-order chi connectivity index (χ0) is 18.0. The normalized spacial score (nSPS) is 12.0. The second-order valence-electron chi connectivity index (χ2n) is 5.92. The highest BCUT2D eigenvalue weighted by atomic mass is 19.1. The molecule has 0 radical (unpaired) electrons. The lowest BCUT2D eigenvalue weighted by molar-refractivity contribution is 0.0941. The molecule has 2 aromatic carbocycles. The Hall–Kier alpha value is -3.15. The predicted octanol–water partition coefficient (Wildman–Crippen LogP) is 2.97. The number of amides is 1. The molecule has 1 aromatic heterocycles. The second kappa shape index (κ2) is 6.76. The topological polar surface area (TPSA) is 72.9 Å². The first-order valence-corrected chi connectivity index (χ1v) is 7.86. The van der Waals surface area contributed by atoms with Gasteiger partial charge in [0.25, 0.3) is 5.91 Å². The van der Waals surface area contributed by atoms with E-state index >= 15 is 0 Å². The number of benzene rings is 2. The van der Waals surface area contributed by atoms with Gasteiger partial charge < -0.3 is 15.6 Å². The van der Waals surface area contributed by atoms with Crippen LogP contribution in [0.25, 0.3) is 0 Å². The standard InChI is InChI=1S/C19H19FN4O/c1-12-5-3-6-13(11-12)17(18-22-9-10-24(18)2)23-19(25)14-7-4-8-15(20)16(14)21/h3-11,17H,21H2,1-2H3,(H,23,25). The summed E-state index contributed by atoms with van der Waals surface area (Å²) in [6.07, 6.45) is 3.47. The molecule has 0 fully saturated rings. The monoisotopic (exact) mass is 338 g/mol. The van der Waals surface area contributed by atoms with Crippen LogP contribution in [0.1, 0.15) is 33.4 Å². The van der Waals surface area contributed by atoms with Gasteiger partial charge in [-0.05, 0) is 24.6 Å². The third-order valence-corrected chi connectivity index (χ3v) is 4.07. The van der Waals surface area contributed by atoms with E-state index in [0.29, 0.717) is 5.82 Å². The zero-order valence-corrected chi connectivity index (χ0v) is 14.0. The fraction of sp³-hybridized carbons (Fsp3) is 0.158. The van der Waals surface area contributed by atoms with E-state index in [0.717, 1.165) is 11.1 Å². The molecule has 0 aliphatic heterocycles. The second-order valence-corrected chi connectivity index (χ2v) is 5.92. The van der Waals surface area contributed by atoms with Crippen molar-refractivity contribution in [2.24, 2.45) is 7.05 Å². The molecule has 0 saturated heterocycles. The molecule has 25 heavy (non-hydrogen) atoms. The predicted molar refractivity (Wildman–Crippen MR) is 94.5 cm³/mol. The summed E-state index contributed by atoms with van der Waals surface area (Å²) in [5.74, 6) is -0.392. The van der Waals surface area contributed by atoms with Gasteiger partial charge in [-0.15, -0.1) is 0 Å². The Morgan fingerprint density at radius 3 is 2.72 bits per heavy atom. The molecule has 1 amide bonds. The largest absolute Gasteiger partial charge is 0.396 e. The molecule has 0 aliphatic rings. The fourth-order valence-corrected chi connectivity index (χ4v) is 2.75. The number of carbonyl (C=O) groups is 1. The van der Waals surface area contributed by atoms with Crippen LogP contribution in [-0.2, 0) is 7.05 Å². The number of nitrogens with two attached hydrogens (primary N) is 1. The van der Waals surface area contributed by atoms with E-state index < -0.39 is 17.8 Å². The Morgan fingerprint density at radius 1 is 1.28 bits per heavy atom. The molecular weight excluding hydrogens is 319 g/mol. The molecule has 0 spiro atoms. The fourth-order valence-electron chi connectivity index (χ4n) is 2.75. The minimum Gasteiger partial charge on any atom is -0.396 e. The van der Waals surface area contributed by atoms with E-state index in [4.69, 9.17) is 5.73 Å². The summed E-state index contributed by atoms with van der Waals surface area (Å²) in [5.41, 5.74) is 7.61. The van der Waals surface area contributed by atoms with Crippen molar-refractivity contribution >= 4 is 11.6 Å². The summed E-state index contributed by atoms with van der Waals surface area (Å²) < 4.78 is 15.5. The Labute approximate surface area is 145 Å². The lowest BCUT2D eigenvalue weighted by Gasteiger charge is -2.20. The number of nitrogens with one attached hydrogen (secondary N) is 1. The maximum absolute atomic E-state index is 13.7. The number of anilines is 1. The van der Waals surface area contributed by atoms with Crippen LogP contribution in [0, 0.1) is 12.7 Å². The van der Waals surface area contributed by atoms with Gasteiger partial charge in [-0.1, -0.05) is 35.9 Å². The smallest absolute Gasteiger partial charge is 0.254 e. The maximum Gasteiger partial charge on any atom is 0.254 e. The molecule has 0 aliphatic carbocycles. The van der Waals surface area contributed by atoms with Crippen molar-refractivity contribution in [1.82, 2.24) is 14.9 Å². The first-order valence-electron chi connectivity index (χ1n) is 7.86. The van der Waals surface area contributed by atoms with E-state index in [1.54, 1.807) is 12.4 Å². The summed E-state index contributed by atoms with van der Waals surface area (Å²) >= 11 is 0. The third-order valence-electron chi connectivity index (χ3n) is 4.07. The molecule has 3 rings (SSSR count). The van der Waals surface area contributed by atoms with Gasteiger partial charge in [-0.2, -0.15) is 0 Å². The summed E-state index contributed by atoms with van der Waals surface area (Å²) in [6, 6.07) is 11.5. The Bertz CT molecular complexity index is 919. The van der Waals surface area contributed by atoms with Crippen LogP contribution in [0.5, 0.6) is 0 Å². The number of nitrogen functional groups attached to an aromatic ring is 1. The van der Waals surface area contributed by atoms with Crippen molar-refractivity contribution < 1.29 is 9.18 Å². The van der Waals surface area contributed by atoms with Gasteiger partial charge in [0, 0.05) is 19.4 Å². The number of aromatic nitrogens is 2. The summed E-state index contributed by atoms with van der Waals surface area (Å²) in [5, 5.41) is 2.92. The summed E-state index contributed by atoms with van der Waals surface area (Å²) in [4.78, 5) is 17.0. The van der Waals surface area contributed by atoms with E-state index in [1.807, 2.05) is 42.8 Å². The Kier molecular flexibility index (Phi) is 4.52. The van der Waals surface area contributed by atoms with Crippen molar-refractivity contribution in [3.63, 3.8) is 0 Å². The molecule has 1 heterocycles. The van der Waals surface area contributed by atoms with Gasteiger partial charge in [0.1, 0.15) is 17.7 Å². The van der Waals surface area contributed by atoms with Crippen molar-refractivity contribution in [2.45, 2.75) is 13.0 Å². The van der Waals surface area contributed by atoms with E-state index in [9.17, 15) is 9.18 Å². The SMILES string of the molecule is Cc1cccc(C(NC(=O)c2cccc(F)c2N)c2nccn2C)c1. The van der Waals surface area contributed by atoms with Gasteiger partial charge in [-0.25, -0.2) is 9.37 Å². The average molecular weight is 338 g/mol. The molecular formula is C19H19FN4O. The lowest BCUT2D eigenvalue weighted by Crippen LogP contribution is -2.31. The molecule has 0 bridgehead atoms. The molecule has 6 heteroatoms. The highest BCUT2D eigenvalue weighted by Crippen LogP contribution is 2.23. The number of imidazole rings is 1. The van der Waals surface area contributed by atoms with Gasteiger partial charge in [0.2, 0.25) is 0 Å². The lowest BCUT2D eigenvalue weighted by atomic mass is 10.0. The molecule has 1 atom stereocenters. The molecule has 3 N–H and O–H groups in total. The maximum atomic E-state index is 13.7. The number of carbonyl (C=O) groups excluding carboxylic acids is 1. The van der Waals surface area contributed by atoms with Gasteiger partial charge in [-0.3, -0.25) is 4.79 Å². The van der Waals surface area contributed by atoms with Crippen molar-refractivity contribution in [3.05, 3.63) is 83.2 Å². The van der Waals surface area contributed by atoms with E-state index in [2.05, 4.69) is 10.3 Å². The number of rotatable bonds is 4. The van der Waals surface area contributed by atoms with Gasteiger partial charge in [0.15, 0.2) is 0 Å². The first-order chi connectivity index (χ1) is 12.0. The van der Waals surface area contributed by atoms with E-state index in [-0.39, 0.29) is 11.3 Å². The molecule has 3 aromatic rings. The summed E-state index contributed by atoms with van der Waals surface area (Å²) in [6.45, 7) is 1.98. The molecule has 0 saturated carbocycles. The van der Waals surface area contributed by atoms with Crippen LogP contribution < -0.4 is 11.1 Å². The van der Waals surface area contributed by atoms with Crippen molar-refractivity contribution in [2.75, 3.05) is 5.73 Å². The van der Waals surface area contributed by atoms with Gasteiger partial charge >= 0.3 is 0 Å². The Balaban J connectivity index is 2.00. The quantitative estimate of drug-likeness (QED) is 0.718.